The van der Waals surface area contributed by atoms with Gasteiger partial charge in [-0.15, -0.1) is 0 Å². The molecule has 0 saturated carbocycles. The predicted octanol–water partition coefficient (Wildman–Crippen LogP) is 0.871. The van der Waals surface area contributed by atoms with Gasteiger partial charge in [-0.1, -0.05) is 30.3 Å². The number of furan rings is 1. The van der Waals surface area contributed by atoms with Crippen molar-refractivity contribution in [3.63, 3.8) is 0 Å². The van der Waals surface area contributed by atoms with Gasteiger partial charge >= 0.3 is 5.97 Å². The van der Waals surface area contributed by atoms with E-state index in [4.69, 9.17) is 14.3 Å². The fourth-order valence-corrected chi connectivity index (χ4v) is 2.21. The number of esters is 1. The third kappa shape index (κ3) is 3.82. The van der Waals surface area contributed by atoms with Gasteiger partial charge in [-0.05, 0) is 13.0 Å². The summed E-state index contributed by atoms with van der Waals surface area (Å²) in [4.78, 5) is 12.1. The first-order valence-corrected chi connectivity index (χ1v) is 7.50. The molecule has 0 amide bonds. The average Bonchev–Trinajstić information content (AvgIpc) is 3.06. The van der Waals surface area contributed by atoms with E-state index in [1.165, 1.54) is 6.07 Å². The zero-order valence-corrected chi connectivity index (χ0v) is 13.1. The Morgan fingerprint density at radius 2 is 1.88 bits per heavy atom. The standard InChI is InChI=1S/C17H20O7/c1-2-23-17(22)11-8-13(15(21)14(20)12(19)9-18)24-16(11)10-6-4-3-5-7-10/h3-8,12,14-15,18-21H,2,9H2,1H3/t12-,14-,15-/m1/s1. The predicted molar refractivity (Wildman–Crippen MR) is 84.2 cm³/mol. The van der Waals surface area contributed by atoms with Crippen molar-refractivity contribution in [2.24, 2.45) is 0 Å². The number of carbonyl (C=O) groups is 1. The Balaban J connectivity index is 2.43. The Labute approximate surface area is 138 Å². The summed E-state index contributed by atoms with van der Waals surface area (Å²) >= 11 is 0. The van der Waals surface area contributed by atoms with Crippen LogP contribution < -0.4 is 0 Å². The fourth-order valence-electron chi connectivity index (χ4n) is 2.21. The summed E-state index contributed by atoms with van der Waals surface area (Å²) in [7, 11) is 0. The minimum Gasteiger partial charge on any atom is -0.462 e. The maximum absolute atomic E-state index is 12.1. The highest BCUT2D eigenvalue weighted by atomic mass is 16.5. The molecule has 0 saturated heterocycles. The Morgan fingerprint density at radius 1 is 1.21 bits per heavy atom. The molecule has 0 unspecified atom stereocenters. The summed E-state index contributed by atoms with van der Waals surface area (Å²) in [6, 6.07) is 10.0. The van der Waals surface area contributed by atoms with E-state index >= 15 is 0 Å². The van der Waals surface area contributed by atoms with Crippen LogP contribution in [-0.4, -0.2) is 51.8 Å². The molecule has 0 aliphatic heterocycles. The smallest absolute Gasteiger partial charge is 0.342 e. The normalized spacial score (nSPS) is 14.9. The van der Waals surface area contributed by atoms with Gasteiger partial charge in [0.25, 0.3) is 0 Å². The van der Waals surface area contributed by atoms with Gasteiger partial charge in [0.05, 0.1) is 13.2 Å². The van der Waals surface area contributed by atoms with Crippen LogP contribution in [-0.2, 0) is 4.74 Å². The zero-order valence-electron chi connectivity index (χ0n) is 13.1. The van der Waals surface area contributed by atoms with Crippen molar-refractivity contribution in [3.8, 4) is 11.3 Å². The van der Waals surface area contributed by atoms with E-state index in [1.807, 2.05) is 0 Å². The second-order valence-corrected chi connectivity index (χ2v) is 5.16. The molecule has 1 aromatic carbocycles. The van der Waals surface area contributed by atoms with E-state index in [0.29, 0.717) is 5.56 Å². The Hall–Kier alpha value is -2.19. The molecule has 1 heterocycles. The molecule has 3 atom stereocenters. The highest BCUT2D eigenvalue weighted by molar-refractivity contribution is 5.96. The molecule has 130 valence electrons. The van der Waals surface area contributed by atoms with Crippen molar-refractivity contribution >= 4 is 5.97 Å². The molecule has 0 aliphatic carbocycles. The summed E-state index contributed by atoms with van der Waals surface area (Å²) < 4.78 is 10.5. The van der Waals surface area contributed by atoms with Gasteiger partial charge in [-0.25, -0.2) is 4.79 Å². The van der Waals surface area contributed by atoms with E-state index in [-0.39, 0.29) is 23.7 Å². The van der Waals surface area contributed by atoms with Crippen molar-refractivity contribution in [2.45, 2.75) is 25.2 Å². The lowest BCUT2D eigenvalue weighted by molar-refractivity contribution is -0.0834. The molecule has 4 N–H and O–H groups in total. The minimum atomic E-state index is -1.67. The monoisotopic (exact) mass is 336 g/mol. The summed E-state index contributed by atoms with van der Waals surface area (Å²) in [6.07, 6.45) is -4.83. The third-order valence-electron chi connectivity index (χ3n) is 3.48. The van der Waals surface area contributed by atoms with Gasteiger partial charge in [0.2, 0.25) is 0 Å². The van der Waals surface area contributed by atoms with E-state index in [9.17, 15) is 20.1 Å². The van der Waals surface area contributed by atoms with Crippen molar-refractivity contribution in [1.82, 2.24) is 0 Å². The lowest BCUT2D eigenvalue weighted by Crippen LogP contribution is -2.34. The minimum absolute atomic E-state index is 0.0998. The number of hydrogen-bond donors (Lipinski definition) is 4. The highest BCUT2D eigenvalue weighted by Crippen LogP contribution is 2.32. The van der Waals surface area contributed by atoms with Crippen LogP contribution >= 0.6 is 0 Å². The molecule has 1 aromatic heterocycles. The van der Waals surface area contributed by atoms with Crippen LogP contribution in [0.4, 0.5) is 0 Å². The van der Waals surface area contributed by atoms with Gasteiger partial charge in [-0.3, -0.25) is 0 Å². The lowest BCUT2D eigenvalue weighted by Gasteiger charge is -2.19. The molecule has 2 aromatic rings. The number of aliphatic hydroxyl groups excluding tert-OH is 4. The van der Waals surface area contributed by atoms with Crippen molar-refractivity contribution in [2.75, 3.05) is 13.2 Å². The molecule has 2 rings (SSSR count). The van der Waals surface area contributed by atoms with E-state index in [1.54, 1.807) is 37.3 Å². The SMILES string of the molecule is CCOC(=O)c1cc([C@@H](O)[C@H](O)[C@H](O)CO)oc1-c1ccccc1. The maximum atomic E-state index is 12.1. The number of aliphatic hydroxyl groups is 4. The van der Waals surface area contributed by atoms with Gasteiger partial charge in [0.1, 0.15) is 35.4 Å². The topological polar surface area (TPSA) is 120 Å². The van der Waals surface area contributed by atoms with E-state index in [2.05, 4.69) is 0 Å². The van der Waals surface area contributed by atoms with Crippen LogP contribution in [0.1, 0.15) is 29.1 Å². The van der Waals surface area contributed by atoms with E-state index in [0.717, 1.165) is 0 Å². The molecule has 0 fully saturated rings. The first-order chi connectivity index (χ1) is 11.5. The number of rotatable bonds is 7. The lowest BCUT2D eigenvalue weighted by atomic mass is 10.1. The number of hydrogen-bond acceptors (Lipinski definition) is 7. The number of carbonyl (C=O) groups excluding carboxylic acids is 1. The summed E-state index contributed by atoms with van der Waals surface area (Å²) in [5.74, 6) is -0.554. The second kappa shape index (κ2) is 8.07. The van der Waals surface area contributed by atoms with E-state index < -0.39 is 30.9 Å². The highest BCUT2D eigenvalue weighted by Gasteiger charge is 2.31. The quantitative estimate of drug-likeness (QED) is 0.554. The average molecular weight is 336 g/mol. The second-order valence-electron chi connectivity index (χ2n) is 5.16. The Morgan fingerprint density at radius 3 is 2.46 bits per heavy atom. The van der Waals surface area contributed by atoms with Gasteiger partial charge in [0.15, 0.2) is 0 Å². The fraction of sp³-hybridized carbons (Fsp3) is 0.353. The molecular formula is C17H20O7. The summed E-state index contributed by atoms with van der Waals surface area (Å²) in [6.45, 7) is 1.11. The third-order valence-corrected chi connectivity index (χ3v) is 3.48. The van der Waals surface area contributed by atoms with Crippen molar-refractivity contribution in [1.29, 1.82) is 0 Å². The molecule has 0 bridgehead atoms. The van der Waals surface area contributed by atoms with Crippen LogP contribution in [0.15, 0.2) is 40.8 Å². The molecule has 7 nitrogen and oxygen atoms in total. The molecule has 0 aliphatic rings. The zero-order chi connectivity index (χ0) is 17.7. The largest absolute Gasteiger partial charge is 0.462 e. The number of ether oxygens (including phenoxy) is 1. The molecular weight excluding hydrogens is 316 g/mol. The van der Waals surface area contributed by atoms with Crippen LogP contribution in [0.3, 0.4) is 0 Å². The molecule has 0 spiro atoms. The van der Waals surface area contributed by atoms with Crippen molar-refractivity contribution < 1.29 is 34.4 Å². The number of benzene rings is 1. The first kappa shape index (κ1) is 18.2. The van der Waals surface area contributed by atoms with Crippen LogP contribution in [0, 0.1) is 0 Å². The van der Waals surface area contributed by atoms with Crippen LogP contribution in [0.2, 0.25) is 0 Å². The first-order valence-electron chi connectivity index (χ1n) is 7.50. The molecule has 0 radical (unpaired) electrons. The van der Waals surface area contributed by atoms with Crippen LogP contribution in [0.25, 0.3) is 11.3 Å². The van der Waals surface area contributed by atoms with Gasteiger partial charge < -0.3 is 29.6 Å². The summed E-state index contributed by atoms with van der Waals surface area (Å²) in [5.41, 5.74) is 0.694. The maximum Gasteiger partial charge on any atom is 0.342 e. The van der Waals surface area contributed by atoms with Crippen LogP contribution in [0.5, 0.6) is 0 Å². The molecule has 24 heavy (non-hydrogen) atoms. The van der Waals surface area contributed by atoms with Crippen molar-refractivity contribution in [3.05, 3.63) is 47.7 Å². The van der Waals surface area contributed by atoms with Gasteiger partial charge in [-0.2, -0.15) is 0 Å². The summed E-state index contributed by atoms with van der Waals surface area (Å²) in [5, 5.41) is 38.3. The Kier molecular flexibility index (Phi) is 6.10. The molecule has 7 heteroatoms. The van der Waals surface area contributed by atoms with Gasteiger partial charge in [0, 0.05) is 5.56 Å². The Bertz CT molecular complexity index is 665.